The SMILES string of the molecule is COC(=O)CC/C=C1\CC[C@]2(C)C3CC[C@]4(C)C(=O)CCC4C3C[C@@H](O)C2C1. The molecule has 0 radical (unpaired) electrons. The molecule has 4 nitrogen and oxygen atoms in total. The molecule has 4 heteroatoms. The summed E-state index contributed by atoms with van der Waals surface area (Å²) >= 11 is 0. The standard InChI is InChI=1S/C24H36O4/c1-23-11-9-15(5-4-6-22(27)28-3)13-19(23)20(25)14-16-17-7-8-21(26)24(17,2)12-10-18(16)23/h5,16-20,25H,4,6-14H2,1-3H3/b15-5+/t16?,17?,18?,19?,20-,23-,24+/m1/s1. The van der Waals surface area contributed by atoms with E-state index in [2.05, 4.69) is 19.9 Å². The van der Waals surface area contributed by atoms with Crippen LogP contribution in [0.25, 0.3) is 0 Å². The number of aliphatic hydroxyl groups excluding tert-OH is 1. The van der Waals surface area contributed by atoms with E-state index in [0.29, 0.717) is 35.9 Å². The molecule has 0 bridgehead atoms. The Morgan fingerprint density at radius 3 is 2.71 bits per heavy atom. The summed E-state index contributed by atoms with van der Waals surface area (Å²) in [5.41, 5.74) is 1.45. The Labute approximate surface area is 169 Å². The lowest BCUT2D eigenvalue weighted by molar-refractivity contribution is -0.155. The van der Waals surface area contributed by atoms with E-state index >= 15 is 0 Å². The van der Waals surface area contributed by atoms with Crippen molar-refractivity contribution in [1.82, 2.24) is 0 Å². The number of allylic oxidation sites excluding steroid dienone is 2. The highest BCUT2D eigenvalue weighted by molar-refractivity contribution is 5.87. The summed E-state index contributed by atoms with van der Waals surface area (Å²) in [7, 11) is 1.43. The van der Waals surface area contributed by atoms with Gasteiger partial charge in [0.25, 0.3) is 0 Å². The minimum atomic E-state index is -0.270. The largest absolute Gasteiger partial charge is 0.469 e. The molecule has 1 N–H and O–H groups in total. The van der Waals surface area contributed by atoms with Crippen LogP contribution in [0, 0.1) is 34.5 Å². The van der Waals surface area contributed by atoms with Gasteiger partial charge in [-0.05, 0) is 80.5 Å². The molecular weight excluding hydrogens is 352 g/mol. The number of hydrogen-bond donors (Lipinski definition) is 1. The van der Waals surface area contributed by atoms with Crippen molar-refractivity contribution in [2.75, 3.05) is 7.11 Å². The molecule has 4 fully saturated rings. The second kappa shape index (κ2) is 7.27. The molecule has 28 heavy (non-hydrogen) atoms. The van der Waals surface area contributed by atoms with Crippen molar-refractivity contribution in [1.29, 1.82) is 0 Å². The van der Waals surface area contributed by atoms with Crippen LogP contribution in [-0.4, -0.2) is 30.1 Å². The monoisotopic (exact) mass is 388 g/mol. The lowest BCUT2D eigenvalue weighted by Gasteiger charge is -2.61. The van der Waals surface area contributed by atoms with E-state index in [4.69, 9.17) is 4.74 Å². The van der Waals surface area contributed by atoms with Crippen molar-refractivity contribution in [2.45, 2.75) is 84.2 Å². The molecule has 0 spiro atoms. The van der Waals surface area contributed by atoms with Crippen molar-refractivity contribution in [3.8, 4) is 0 Å². The Morgan fingerprint density at radius 1 is 1.18 bits per heavy atom. The summed E-state index contributed by atoms with van der Waals surface area (Å²) in [6.07, 6.45) is 11.1. The Kier molecular flexibility index (Phi) is 5.22. The molecule has 156 valence electrons. The number of Topliss-reactive ketones (excluding diaryl/α,β-unsaturated/α-hetero) is 1. The van der Waals surface area contributed by atoms with Crippen molar-refractivity contribution < 1.29 is 19.4 Å². The first kappa shape index (κ1) is 20.1. The number of ketones is 1. The van der Waals surface area contributed by atoms with Crippen molar-refractivity contribution in [3.05, 3.63) is 11.6 Å². The zero-order valence-corrected chi connectivity index (χ0v) is 17.7. The molecular formula is C24H36O4. The van der Waals surface area contributed by atoms with Gasteiger partial charge in [-0.2, -0.15) is 0 Å². The van der Waals surface area contributed by atoms with Gasteiger partial charge in [-0.15, -0.1) is 0 Å². The number of hydrogen-bond acceptors (Lipinski definition) is 4. The number of rotatable bonds is 3. The van der Waals surface area contributed by atoms with Crippen LogP contribution in [0.2, 0.25) is 0 Å². The normalized spacial score (nSPS) is 46.6. The van der Waals surface area contributed by atoms with Crippen LogP contribution in [0.3, 0.4) is 0 Å². The van der Waals surface area contributed by atoms with Gasteiger partial charge < -0.3 is 9.84 Å². The zero-order chi connectivity index (χ0) is 20.1. The molecule has 0 aliphatic heterocycles. The molecule has 0 aromatic carbocycles. The third-order valence-electron chi connectivity index (χ3n) is 9.29. The van der Waals surface area contributed by atoms with Crippen LogP contribution in [0.1, 0.15) is 78.1 Å². The quantitative estimate of drug-likeness (QED) is 0.573. The van der Waals surface area contributed by atoms with Gasteiger partial charge in [0.05, 0.1) is 13.2 Å². The van der Waals surface area contributed by atoms with E-state index in [-0.39, 0.29) is 22.9 Å². The highest BCUT2D eigenvalue weighted by atomic mass is 16.5. The summed E-state index contributed by atoms with van der Waals surface area (Å²) < 4.78 is 4.74. The van der Waals surface area contributed by atoms with E-state index in [9.17, 15) is 14.7 Å². The third-order valence-corrected chi connectivity index (χ3v) is 9.29. The summed E-state index contributed by atoms with van der Waals surface area (Å²) in [6.45, 7) is 4.62. The first-order chi connectivity index (χ1) is 13.3. The van der Waals surface area contributed by atoms with Gasteiger partial charge in [0.1, 0.15) is 5.78 Å². The van der Waals surface area contributed by atoms with Crippen molar-refractivity contribution >= 4 is 11.8 Å². The molecule has 4 saturated carbocycles. The average molecular weight is 389 g/mol. The molecule has 4 aliphatic carbocycles. The molecule has 0 aromatic heterocycles. The number of esters is 1. The number of aliphatic hydroxyl groups is 1. The van der Waals surface area contributed by atoms with Crippen LogP contribution in [-0.2, 0) is 14.3 Å². The number of fused-ring (bicyclic) bond motifs is 5. The first-order valence-electron chi connectivity index (χ1n) is 11.3. The Balaban J connectivity index is 1.50. The van der Waals surface area contributed by atoms with Gasteiger partial charge in [-0.3, -0.25) is 9.59 Å². The Hall–Kier alpha value is -1.16. The summed E-state index contributed by atoms with van der Waals surface area (Å²) in [6, 6.07) is 0. The summed E-state index contributed by atoms with van der Waals surface area (Å²) in [4.78, 5) is 23.9. The predicted octanol–water partition coefficient (Wildman–Crippen LogP) is 4.45. The molecule has 4 aliphatic rings. The van der Waals surface area contributed by atoms with Crippen molar-refractivity contribution in [2.24, 2.45) is 34.5 Å². The molecule has 0 saturated heterocycles. The fourth-order valence-corrected chi connectivity index (χ4v) is 7.60. The van der Waals surface area contributed by atoms with E-state index in [1.54, 1.807) is 0 Å². The number of methoxy groups -OCH3 is 1. The van der Waals surface area contributed by atoms with Gasteiger partial charge in [-0.25, -0.2) is 0 Å². The lowest BCUT2D eigenvalue weighted by atomic mass is 9.44. The van der Waals surface area contributed by atoms with Gasteiger partial charge in [0.2, 0.25) is 0 Å². The fraction of sp³-hybridized carbons (Fsp3) is 0.833. The van der Waals surface area contributed by atoms with Crippen LogP contribution in [0.15, 0.2) is 11.6 Å². The smallest absolute Gasteiger partial charge is 0.305 e. The Morgan fingerprint density at radius 2 is 1.96 bits per heavy atom. The van der Waals surface area contributed by atoms with Crippen molar-refractivity contribution in [3.63, 3.8) is 0 Å². The third kappa shape index (κ3) is 3.07. The van der Waals surface area contributed by atoms with Gasteiger partial charge in [0.15, 0.2) is 0 Å². The number of carbonyl (C=O) groups excluding carboxylic acids is 2. The molecule has 7 atom stereocenters. The minimum absolute atomic E-state index is 0.127. The van der Waals surface area contributed by atoms with Crippen LogP contribution in [0.4, 0.5) is 0 Å². The molecule has 0 amide bonds. The second-order valence-electron chi connectivity index (χ2n) is 10.4. The van der Waals surface area contributed by atoms with E-state index in [1.165, 1.54) is 12.7 Å². The maximum atomic E-state index is 12.6. The number of carbonyl (C=O) groups is 2. The topological polar surface area (TPSA) is 63.6 Å². The minimum Gasteiger partial charge on any atom is -0.469 e. The van der Waals surface area contributed by atoms with Crippen LogP contribution < -0.4 is 0 Å². The first-order valence-corrected chi connectivity index (χ1v) is 11.3. The maximum absolute atomic E-state index is 12.6. The molecule has 4 rings (SSSR count). The second-order valence-corrected chi connectivity index (χ2v) is 10.4. The van der Waals surface area contributed by atoms with Crippen LogP contribution in [0.5, 0.6) is 0 Å². The average Bonchev–Trinajstić information content (AvgIpc) is 2.97. The maximum Gasteiger partial charge on any atom is 0.305 e. The Bertz CT molecular complexity index is 682. The summed E-state index contributed by atoms with van der Waals surface area (Å²) in [5.74, 6) is 2.25. The zero-order valence-electron chi connectivity index (χ0n) is 17.7. The number of ether oxygens (including phenoxy) is 1. The van der Waals surface area contributed by atoms with E-state index in [1.807, 2.05) is 0 Å². The summed E-state index contributed by atoms with van der Waals surface area (Å²) in [5, 5.41) is 11.2. The highest BCUT2D eigenvalue weighted by Crippen LogP contribution is 2.65. The molecule has 4 unspecified atom stereocenters. The van der Waals surface area contributed by atoms with Gasteiger partial charge >= 0.3 is 5.97 Å². The van der Waals surface area contributed by atoms with E-state index in [0.717, 1.165) is 57.8 Å². The predicted molar refractivity (Wildman–Crippen MR) is 107 cm³/mol. The molecule has 0 heterocycles. The highest BCUT2D eigenvalue weighted by Gasteiger charge is 2.61. The van der Waals surface area contributed by atoms with Gasteiger partial charge in [-0.1, -0.05) is 25.5 Å². The lowest BCUT2D eigenvalue weighted by Crippen LogP contribution is -2.57. The van der Waals surface area contributed by atoms with Crippen LogP contribution >= 0.6 is 0 Å². The molecule has 0 aromatic rings. The fourth-order valence-electron chi connectivity index (χ4n) is 7.60. The van der Waals surface area contributed by atoms with E-state index < -0.39 is 0 Å². The van der Waals surface area contributed by atoms with Gasteiger partial charge in [0, 0.05) is 18.3 Å².